The fourth-order valence-corrected chi connectivity index (χ4v) is 2.16. The molecule has 1 aromatic carbocycles. The van der Waals surface area contributed by atoms with Crippen LogP contribution in [0.1, 0.15) is 24.0 Å². The van der Waals surface area contributed by atoms with Crippen LogP contribution in [0, 0.1) is 6.92 Å². The van der Waals surface area contributed by atoms with Gasteiger partial charge in [0.1, 0.15) is 0 Å². The minimum absolute atomic E-state index is 0.432. The minimum Gasteiger partial charge on any atom is -0.382 e. The summed E-state index contributed by atoms with van der Waals surface area (Å²) in [7, 11) is 0. The summed E-state index contributed by atoms with van der Waals surface area (Å²) < 4.78 is 0. The van der Waals surface area contributed by atoms with Gasteiger partial charge < -0.3 is 5.32 Å². The SMILES string of the molecule is Cc1ccnc(Cl)c1NCC(C)c1ccccc1. The Hall–Kier alpha value is -1.54. The van der Waals surface area contributed by atoms with Crippen LogP contribution >= 0.6 is 11.6 Å². The van der Waals surface area contributed by atoms with E-state index in [2.05, 4.69) is 41.5 Å². The molecule has 1 N–H and O–H groups in total. The molecule has 94 valence electrons. The van der Waals surface area contributed by atoms with Gasteiger partial charge in [-0.1, -0.05) is 48.9 Å². The van der Waals surface area contributed by atoms with Crippen molar-refractivity contribution >= 4 is 17.3 Å². The summed E-state index contributed by atoms with van der Waals surface area (Å²) in [6.45, 7) is 5.07. The van der Waals surface area contributed by atoms with Crippen LogP contribution in [0.2, 0.25) is 5.15 Å². The number of hydrogen-bond acceptors (Lipinski definition) is 2. The number of aromatic nitrogens is 1. The summed E-state index contributed by atoms with van der Waals surface area (Å²) in [6, 6.07) is 12.4. The van der Waals surface area contributed by atoms with E-state index in [1.165, 1.54) is 5.56 Å². The average Bonchev–Trinajstić information content (AvgIpc) is 2.39. The smallest absolute Gasteiger partial charge is 0.152 e. The summed E-state index contributed by atoms with van der Waals surface area (Å²) in [4.78, 5) is 4.09. The molecule has 0 saturated carbocycles. The molecule has 1 aromatic heterocycles. The molecular weight excluding hydrogens is 244 g/mol. The van der Waals surface area contributed by atoms with Crippen LogP contribution < -0.4 is 5.32 Å². The number of anilines is 1. The first-order chi connectivity index (χ1) is 8.68. The fraction of sp³-hybridized carbons (Fsp3) is 0.267. The monoisotopic (exact) mass is 260 g/mol. The lowest BCUT2D eigenvalue weighted by atomic mass is 10.0. The number of rotatable bonds is 4. The third kappa shape index (κ3) is 3.02. The van der Waals surface area contributed by atoms with Crippen LogP contribution in [0.4, 0.5) is 5.69 Å². The highest BCUT2D eigenvalue weighted by Crippen LogP contribution is 2.24. The first-order valence-electron chi connectivity index (χ1n) is 6.08. The van der Waals surface area contributed by atoms with Crippen molar-refractivity contribution in [1.29, 1.82) is 0 Å². The molecule has 1 unspecified atom stereocenters. The van der Waals surface area contributed by atoms with E-state index in [9.17, 15) is 0 Å². The van der Waals surface area contributed by atoms with Gasteiger partial charge in [0.25, 0.3) is 0 Å². The lowest BCUT2D eigenvalue weighted by molar-refractivity contribution is 0.803. The number of nitrogens with one attached hydrogen (secondary N) is 1. The van der Waals surface area contributed by atoms with Crippen LogP contribution in [-0.2, 0) is 0 Å². The van der Waals surface area contributed by atoms with Crippen LogP contribution in [0.3, 0.4) is 0 Å². The number of nitrogens with zero attached hydrogens (tertiary/aromatic N) is 1. The second kappa shape index (κ2) is 5.87. The van der Waals surface area contributed by atoms with E-state index in [0.29, 0.717) is 11.1 Å². The first-order valence-corrected chi connectivity index (χ1v) is 6.46. The van der Waals surface area contributed by atoms with E-state index in [-0.39, 0.29) is 0 Å². The number of pyridine rings is 1. The van der Waals surface area contributed by atoms with Crippen molar-refractivity contribution in [3.63, 3.8) is 0 Å². The molecule has 0 amide bonds. The maximum absolute atomic E-state index is 6.09. The highest BCUT2D eigenvalue weighted by atomic mass is 35.5. The molecule has 2 nitrogen and oxygen atoms in total. The van der Waals surface area contributed by atoms with Crippen molar-refractivity contribution in [3.8, 4) is 0 Å². The number of aryl methyl sites for hydroxylation is 1. The van der Waals surface area contributed by atoms with Gasteiger partial charge in [-0.3, -0.25) is 0 Å². The Bertz CT molecular complexity index is 491. The summed E-state index contributed by atoms with van der Waals surface area (Å²) in [6.07, 6.45) is 1.73. The van der Waals surface area contributed by atoms with E-state index in [0.717, 1.165) is 17.8 Å². The molecule has 2 aromatic rings. The van der Waals surface area contributed by atoms with E-state index < -0.39 is 0 Å². The second-order valence-electron chi connectivity index (χ2n) is 4.49. The number of halogens is 1. The maximum atomic E-state index is 6.09. The summed E-state index contributed by atoms with van der Waals surface area (Å²) in [5, 5.41) is 3.92. The Morgan fingerprint density at radius 1 is 1.22 bits per heavy atom. The Kier molecular flexibility index (Phi) is 4.21. The Labute approximate surface area is 113 Å². The maximum Gasteiger partial charge on any atom is 0.152 e. The Morgan fingerprint density at radius 2 is 1.94 bits per heavy atom. The molecule has 0 fully saturated rings. The van der Waals surface area contributed by atoms with Gasteiger partial charge in [-0.15, -0.1) is 0 Å². The zero-order valence-electron chi connectivity index (χ0n) is 10.7. The lowest BCUT2D eigenvalue weighted by Gasteiger charge is -2.16. The summed E-state index contributed by atoms with van der Waals surface area (Å²) in [5.41, 5.74) is 3.37. The van der Waals surface area contributed by atoms with Crippen molar-refractivity contribution in [2.24, 2.45) is 0 Å². The van der Waals surface area contributed by atoms with Gasteiger partial charge in [0, 0.05) is 12.7 Å². The van der Waals surface area contributed by atoms with Gasteiger partial charge in [-0.2, -0.15) is 0 Å². The van der Waals surface area contributed by atoms with Gasteiger partial charge in [0.05, 0.1) is 5.69 Å². The largest absolute Gasteiger partial charge is 0.382 e. The molecular formula is C15H17ClN2. The van der Waals surface area contributed by atoms with Crippen molar-refractivity contribution in [2.45, 2.75) is 19.8 Å². The highest BCUT2D eigenvalue weighted by molar-refractivity contribution is 6.32. The fourth-order valence-electron chi connectivity index (χ4n) is 1.89. The number of benzene rings is 1. The van der Waals surface area contributed by atoms with E-state index >= 15 is 0 Å². The van der Waals surface area contributed by atoms with E-state index in [1.54, 1.807) is 6.20 Å². The molecule has 2 rings (SSSR count). The zero-order valence-corrected chi connectivity index (χ0v) is 11.4. The predicted octanol–water partition coefficient (Wildman–Crippen LogP) is 4.26. The first kappa shape index (κ1) is 12.9. The van der Waals surface area contributed by atoms with Crippen molar-refractivity contribution in [2.75, 3.05) is 11.9 Å². The molecule has 0 spiro atoms. The molecule has 3 heteroatoms. The third-order valence-electron chi connectivity index (χ3n) is 3.07. The molecule has 1 atom stereocenters. The Morgan fingerprint density at radius 3 is 2.61 bits per heavy atom. The summed E-state index contributed by atoms with van der Waals surface area (Å²) >= 11 is 6.09. The third-order valence-corrected chi connectivity index (χ3v) is 3.35. The summed E-state index contributed by atoms with van der Waals surface area (Å²) in [5.74, 6) is 0.432. The average molecular weight is 261 g/mol. The molecule has 1 heterocycles. The normalized spacial score (nSPS) is 12.2. The van der Waals surface area contributed by atoms with Gasteiger partial charge in [-0.05, 0) is 30.0 Å². The lowest BCUT2D eigenvalue weighted by Crippen LogP contribution is -2.11. The van der Waals surface area contributed by atoms with Crippen LogP contribution in [0.15, 0.2) is 42.6 Å². The molecule has 0 aliphatic rings. The molecule has 0 bridgehead atoms. The highest BCUT2D eigenvalue weighted by Gasteiger charge is 2.08. The molecule has 18 heavy (non-hydrogen) atoms. The zero-order chi connectivity index (χ0) is 13.0. The standard InChI is InChI=1S/C15H17ClN2/c1-11-8-9-17-15(16)14(11)18-10-12(2)13-6-4-3-5-7-13/h3-9,12,18H,10H2,1-2H3. The van der Waals surface area contributed by atoms with Crippen molar-refractivity contribution in [1.82, 2.24) is 4.98 Å². The van der Waals surface area contributed by atoms with Crippen molar-refractivity contribution in [3.05, 3.63) is 58.9 Å². The van der Waals surface area contributed by atoms with Gasteiger partial charge in [0.15, 0.2) is 5.15 Å². The topological polar surface area (TPSA) is 24.9 Å². The van der Waals surface area contributed by atoms with Gasteiger partial charge in [-0.25, -0.2) is 4.98 Å². The van der Waals surface area contributed by atoms with E-state index in [4.69, 9.17) is 11.6 Å². The van der Waals surface area contributed by atoms with Gasteiger partial charge >= 0.3 is 0 Å². The molecule has 0 aliphatic heterocycles. The number of hydrogen-bond donors (Lipinski definition) is 1. The quantitative estimate of drug-likeness (QED) is 0.831. The second-order valence-corrected chi connectivity index (χ2v) is 4.84. The van der Waals surface area contributed by atoms with Crippen LogP contribution in [0.5, 0.6) is 0 Å². The van der Waals surface area contributed by atoms with Gasteiger partial charge in [0.2, 0.25) is 0 Å². The molecule has 0 radical (unpaired) electrons. The van der Waals surface area contributed by atoms with Crippen LogP contribution in [-0.4, -0.2) is 11.5 Å². The van der Waals surface area contributed by atoms with Crippen molar-refractivity contribution < 1.29 is 0 Å². The Balaban J connectivity index is 2.04. The van der Waals surface area contributed by atoms with E-state index in [1.807, 2.05) is 19.1 Å². The van der Waals surface area contributed by atoms with Crippen LogP contribution in [0.25, 0.3) is 0 Å². The minimum atomic E-state index is 0.432. The predicted molar refractivity (Wildman–Crippen MR) is 77.3 cm³/mol. The molecule has 0 saturated heterocycles. The molecule has 0 aliphatic carbocycles.